The van der Waals surface area contributed by atoms with Crippen molar-refractivity contribution in [3.63, 3.8) is 0 Å². The molecular weight excluding hydrogens is 339 g/mol. The second kappa shape index (κ2) is 4.93. The largest absolute Gasteiger partial charge is 0.351 e. The lowest BCUT2D eigenvalue weighted by molar-refractivity contribution is 0.631. The molecule has 0 amide bonds. The minimum absolute atomic E-state index is 0.311. The van der Waals surface area contributed by atoms with Gasteiger partial charge in [-0.05, 0) is 50.1 Å². The van der Waals surface area contributed by atoms with Crippen molar-refractivity contribution in [1.82, 2.24) is 4.98 Å². The Morgan fingerprint density at radius 2 is 2.00 bits per heavy atom. The van der Waals surface area contributed by atoms with Crippen LogP contribution in [0.5, 0.6) is 0 Å². The molecule has 0 saturated carbocycles. The highest BCUT2D eigenvalue weighted by Crippen LogP contribution is 2.28. The quantitative estimate of drug-likeness (QED) is 0.867. The fourth-order valence-electron chi connectivity index (χ4n) is 1.24. The number of hydrogen-bond donors (Lipinski definition) is 1. The summed E-state index contributed by atoms with van der Waals surface area (Å²) in [5.74, 6) is -0.311. The van der Waals surface area contributed by atoms with Crippen molar-refractivity contribution < 1.29 is 4.39 Å². The van der Waals surface area contributed by atoms with E-state index in [4.69, 9.17) is 0 Å². The third-order valence-corrected chi connectivity index (χ3v) is 3.03. The minimum atomic E-state index is -0.311. The van der Waals surface area contributed by atoms with Crippen molar-refractivity contribution in [1.29, 1.82) is 0 Å². The molecule has 1 aromatic heterocycles. The molecule has 1 heterocycles. The number of hydrogen-bond acceptors (Lipinski definition) is 2. The Morgan fingerprint density at radius 1 is 1.19 bits per heavy atom. The van der Waals surface area contributed by atoms with Gasteiger partial charge in [0.05, 0.1) is 17.6 Å². The van der Waals surface area contributed by atoms with Crippen molar-refractivity contribution in [3.05, 3.63) is 51.4 Å². The summed E-state index contributed by atoms with van der Waals surface area (Å²) < 4.78 is 15.0. The topological polar surface area (TPSA) is 24.9 Å². The molecular formula is C11H7Br2FN2. The number of benzene rings is 1. The van der Waals surface area contributed by atoms with Crippen molar-refractivity contribution in [2.45, 2.75) is 0 Å². The Labute approximate surface area is 109 Å². The lowest BCUT2D eigenvalue weighted by atomic mass is 10.3. The van der Waals surface area contributed by atoms with Crippen molar-refractivity contribution in [3.8, 4) is 0 Å². The van der Waals surface area contributed by atoms with E-state index in [1.807, 2.05) is 6.07 Å². The molecule has 2 nitrogen and oxygen atoms in total. The molecule has 0 spiro atoms. The highest BCUT2D eigenvalue weighted by Gasteiger charge is 2.06. The summed E-state index contributed by atoms with van der Waals surface area (Å²) in [5.41, 5.74) is 1.13. The third-order valence-electron chi connectivity index (χ3n) is 1.94. The minimum Gasteiger partial charge on any atom is -0.351 e. The predicted molar refractivity (Wildman–Crippen MR) is 69.3 cm³/mol. The number of nitrogens with zero attached hydrogens (tertiary/aromatic N) is 1. The van der Waals surface area contributed by atoms with E-state index in [2.05, 4.69) is 42.2 Å². The van der Waals surface area contributed by atoms with E-state index in [0.29, 0.717) is 10.2 Å². The number of para-hydroxylation sites is 1. The zero-order valence-corrected chi connectivity index (χ0v) is 11.2. The van der Waals surface area contributed by atoms with Crippen LogP contribution in [0, 0.1) is 5.82 Å². The van der Waals surface area contributed by atoms with E-state index >= 15 is 0 Å². The van der Waals surface area contributed by atoms with Crippen LogP contribution >= 0.6 is 31.9 Å². The molecule has 82 valence electrons. The van der Waals surface area contributed by atoms with E-state index in [1.165, 1.54) is 6.07 Å². The fourth-order valence-corrected chi connectivity index (χ4v) is 2.05. The molecule has 0 aliphatic rings. The smallest absolute Gasteiger partial charge is 0.147 e. The first-order valence-corrected chi connectivity index (χ1v) is 6.07. The summed E-state index contributed by atoms with van der Waals surface area (Å²) in [6.45, 7) is 0. The monoisotopic (exact) mass is 344 g/mol. The second-order valence-electron chi connectivity index (χ2n) is 3.11. The van der Waals surface area contributed by atoms with Crippen LogP contribution in [0.2, 0.25) is 0 Å². The Kier molecular flexibility index (Phi) is 3.56. The summed E-state index contributed by atoms with van der Waals surface area (Å²) in [7, 11) is 0. The number of nitrogens with one attached hydrogen (secondary N) is 1. The van der Waals surface area contributed by atoms with Crippen molar-refractivity contribution >= 4 is 43.2 Å². The first-order valence-electron chi connectivity index (χ1n) is 4.48. The van der Waals surface area contributed by atoms with E-state index in [9.17, 15) is 4.39 Å². The van der Waals surface area contributed by atoms with Gasteiger partial charge < -0.3 is 5.32 Å². The number of rotatable bonds is 2. The lowest BCUT2D eigenvalue weighted by Gasteiger charge is -2.09. The van der Waals surface area contributed by atoms with Crippen LogP contribution in [0.25, 0.3) is 0 Å². The van der Waals surface area contributed by atoms with Gasteiger partial charge in [-0.2, -0.15) is 0 Å². The van der Waals surface area contributed by atoms with Gasteiger partial charge in [-0.25, -0.2) is 4.39 Å². The van der Waals surface area contributed by atoms with Crippen LogP contribution in [-0.4, -0.2) is 4.98 Å². The molecule has 0 unspecified atom stereocenters. The third kappa shape index (κ3) is 2.59. The molecule has 0 aliphatic carbocycles. The van der Waals surface area contributed by atoms with Crippen LogP contribution in [0.1, 0.15) is 0 Å². The van der Waals surface area contributed by atoms with Gasteiger partial charge >= 0.3 is 0 Å². The van der Waals surface area contributed by atoms with Crippen LogP contribution in [0.15, 0.2) is 45.6 Å². The normalized spacial score (nSPS) is 10.2. The van der Waals surface area contributed by atoms with Crippen LogP contribution < -0.4 is 5.32 Å². The molecule has 0 radical (unpaired) electrons. The average Bonchev–Trinajstić information content (AvgIpc) is 2.24. The molecule has 2 aromatic rings. The standard InChI is InChI=1S/C11H7Br2FN2/c12-7-4-8(6-15-5-7)16-11-9(13)2-1-3-10(11)14/h1-6,16H. The maximum atomic E-state index is 13.5. The molecule has 2 rings (SSSR count). The molecule has 0 fully saturated rings. The number of anilines is 2. The summed E-state index contributed by atoms with van der Waals surface area (Å²) in [5, 5.41) is 2.97. The molecule has 16 heavy (non-hydrogen) atoms. The average molecular weight is 346 g/mol. The maximum Gasteiger partial charge on any atom is 0.147 e. The zero-order chi connectivity index (χ0) is 11.5. The van der Waals surface area contributed by atoms with Gasteiger partial charge in [-0.15, -0.1) is 0 Å². The van der Waals surface area contributed by atoms with E-state index < -0.39 is 0 Å². The summed E-state index contributed by atoms with van der Waals surface area (Å²) in [4.78, 5) is 3.99. The van der Waals surface area contributed by atoms with Crippen LogP contribution in [0.4, 0.5) is 15.8 Å². The molecule has 0 saturated heterocycles. The zero-order valence-electron chi connectivity index (χ0n) is 8.05. The predicted octanol–water partition coefficient (Wildman–Crippen LogP) is 4.49. The van der Waals surface area contributed by atoms with Crippen LogP contribution in [0.3, 0.4) is 0 Å². The summed E-state index contributed by atoms with van der Waals surface area (Å²) >= 11 is 6.59. The van der Waals surface area contributed by atoms with Gasteiger partial charge in [-0.3, -0.25) is 4.98 Å². The Hall–Kier alpha value is -0.940. The summed E-state index contributed by atoms with van der Waals surface area (Å²) in [6, 6.07) is 6.64. The van der Waals surface area contributed by atoms with E-state index in [1.54, 1.807) is 24.5 Å². The first-order chi connectivity index (χ1) is 7.66. The Balaban J connectivity index is 2.34. The Morgan fingerprint density at radius 3 is 2.69 bits per heavy atom. The first kappa shape index (κ1) is 11.5. The van der Waals surface area contributed by atoms with E-state index in [0.717, 1.165) is 10.2 Å². The number of aromatic nitrogens is 1. The molecule has 0 aliphatic heterocycles. The maximum absolute atomic E-state index is 13.5. The molecule has 1 aromatic carbocycles. The summed E-state index contributed by atoms with van der Waals surface area (Å²) in [6.07, 6.45) is 3.30. The van der Waals surface area contributed by atoms with Gasteiger partial charge in [0.15, 0.2) is 0 Å². The number of pyridine rings is 1. The van der Waals surface area contributed by atoms with Crippen molar-refractivity contribution in [2.75, 3.05) is 5.32 Å². The van der Waals surface area contributed by atoms with Gasteiger partial charge in [0.25, 0.3) is 0 Å². The van der Waals surface area contributed by atoms with E-state index in [-0.39, 0.29) is 5.82 Å². The SMILES string of the molecule is Fc1cccc(Br)c1Nc1cncc(Br)c1. The molecule has 0 atom stereocenters. The van der Waals surface area contributed by atoms with Gasteiger partial charge in [0.2, 0.25) is 0 Å². The highest BCUT2D eigenvalue weighted by molar-refractivity contribution is 9.10. The van der Waals surface area contributed by atoms with Gasteiger partial charge in [0.1, 0.15) is 5.82 Å². The molecule has 5 heteroatoms. The lowest BCUT2D eigenvalue weighted by Crippen LogP contribution is -1.95. The van der Waals surface area contributed by atoms with Crippen molar-refractivity contribution in [2.24, 2.45) is 0 Å². The number of halogens is 3. The molecule has 1 N–H and O–H groups in total. The highest BCUT2D eigenvalue weighted by atomic mass is 79.9. The molecule has 0 bridgehead atoms. The Bertz CT molecular complexity index is 497. The van der Waals surface area contributed by atoms with Gasteiger partial charge in [0, 0.05) is 15.1 Å². The van der Waals surface area contributed by atoms with Gasteiger partial charge in [-0.1, -0.05) is 6.07 Å². The van der Waals surface area contributed by atoms with Crippen LogP contribution in [-0.2, 0) is 0 Å². The second-order valence-corrected chi connectivity index (χ2v) is 4.88. The fraction of sp³-hybridized carbons (Fsp3) is 0.